The summed E-state index contributed by atoms with van der Waals surface area (Å²) in [6, 6.07) is 0. The third kappa shape index (κ3) is 2.44. The summed E-state index contributed by atoms with van der Waals surface area (Å²) in [5.41, 5.74) is 0.916. The molecule has 3 nitrogen and oxygen atoms in total. The number of ketones is 1. The molecule has 78 valence electrons. The summed E-state index contributed by atoms with van der Waals surface area (Å²) >= 11 is 0. The Morgan fingerprint density at radius 3 is 2.86 bits per heavy atom. The van der Waals surface area contributed by atoms with Gasteiger partial charge in [-0.3, -0.25) is 9.59 Å². The number of carbonyl (C=O) groups is 2. The number of allylic oxidation sites excluding steroid dienone is 1. The molecule has 0 saturated heterocycles. The van der Waals surface area contributed by atoms with Crippen molar-refractivity contribution in [3.05, 3.63) is 11.6 Å². The maximum absolute atomic E-state index is 11.5. The van der Waals surface area contributed by atoms with Crippen molar-refractivity contribution in [3.63, 3.8) is 0 Å². The first-order chi connectivity index (χ1) is 6.69. The zero-order valence-corrected chi connectivity index (χ0v) is 8.71. The van der Waals surface area contributed by atoms with E-state index in [9.17, 15) is 9.59 Å². The van der Waals surface area contributed by atoms with Crippen LogP contribution in [0.2, 0.25) is 0 Å². The van der Waals surface area contributed by atoms with Crippen LogP contribution in [0.4, 0.5) is 0 Å². The van der Waals surface area contributed by atoms with E-state index < -0.39 is 0 Å². The van der Waals surface area contributed by atoms with E-state index in [4.69, 9.17) is 4.74 Å². The molecule has 1 unspecified atom stereocenters. The Bertz CT molecular complexity index is 266. The summed E-state index contributed by atoms with van der Waals surface area (Å²) in [7, 11) is 0. The predicted octanol–water partition coefficient (Wildman–Crippen LogP) is 1.86. The molecule has 1 rings (SSSR count). The molecule has 3 heteroatoms. The second kappa shape index (κ2) is 4.94. The third-order valence-corrected chi connectivity index (χ3v) is 2.45. The average molecular weight is 196 g/mol. The molecule has 1 aliphatic rings. The Hall–Kier alpha value is -1.12. The Labute approximate surface area is 84.1 Å². The number of hydrogen-bond acceptors (Lipinski definition) is 3. The van der Waals surface area contributed by atoms with Gasteiger partial charge >= 0.3 is 5.97 Å². The second-order valence-electron chi connectivity index (χ2n) is 3.38. The molecular formula is C11H16O3. The van der Waals surface area contributed by atoms with Crippen LogP contribution in [-0.2, 0) is 14.3 Å². The zero-order valence-electron chi connectivity index (χ0n) is 8.71. The standard InChI is InChI=1S/C11H16O3/c1-3-8-7-9(12)5-6-10(8)11(13)14-4-2/h7,10H,3-6H2,1-2H3. The Kier molecular flexibility index (Phi) is 3.86. The van der Waals surface area contributed by atoms with E-state index in [-0.39, 0.29) is 17.7 Å². The fourth-order valence-corrected chi connectivity index (χ4v) is 1.71. The molecule has 0 aromatic rings. The van der Waals surface area contributed by atoms with Gasteiger partial charge < -0.3 is 4.74 Å². The van der Waals surface area contributed by atoms with Gasteiger partial charge in [0.1, 0.15) is 0 Å². The summed E-state index contributed by atoms with van der Waals surface area (Å²) in [5, 5.41) is 0. The molecule has 14 heavy (non-hydrogen) atoms. The van der Waals surface area contributed by atoms with E-state index in [2.05, 4.69) is 0 Å². The molecule has 0 spiro atoms. The molecule has 0 saturated carbocycles. The highest BCUT2D eigenvalue weighted by Crippen LogP contribution is 2.26. The zero-order chi connectivity index (χ0) is 10.6. The summed E-state index contributed by atoms with van der Waals surface area (Å²) in [4.78, 5) is 22.6. The van der Waals surface area contributed by atoms with E-state index in [1.807, 2.05) is 6.92 Å². The Morgan fingerprint density at radius 1 is 1.57 bits per heavy atom. The highest BCUT2D eigenvalue weighted by molar-refractivity contribution is 5.93. The van der Waals surface area contributed by atoms with Crippen molar-refractivity contribution in [2.24, 2.45) is 5.92 Å². The molecular weight excluding hydrogens is 180 g/mol. The maximum Gasteiger partial charge on any atom is 0.313 e. The molecule has 1 atom stereocenters. The van der Waals surface area contributed by atoms with Crippen LogP contribution in [0.1, 0.15) is 33.1 Å². The van der Waals surface area contributed by atoms with Crippen LogP contribution in [0.15, 0.2) is 11.6 Å². The topological polar surface area (TPSA) is 43.4 Å². The molecule has 1 aliphatic carbocycles. The summed E-state index contributed by atoms with van der Waals surface area (Å²) < 4.78 is 4.96. The van der Waals surface area contributed by atoms with Gasteiger partial charge in [0, 0.05) is 6.42 Å². The lowest BCUT2D eigenvalue weighted by Crippen LogP contribution is -2.24. The van der Waals surface area contributed by atoms with Gasteiger partial charge in [0.25, 0.3) is 0 Å². The lowest BCUT2D eigenvalue weighted by molar-refractivity contribution is -0.147. The van der Waals surface area contributed by atoms with Gasteiger partial charge in [-0.25, -0.2) is 0 Å². The minimum Gasteiger partial charge on any atom is -0.466 e. The molecule has 0 fully saturated rings. The molecule has 0 aromatic carbocycles. The number of esters is 1. The SMILES string of the molecule is CCOC(=O)C1CCC(=O)C=C1CC. The molecule has 0 bridgehead atoms. The Morgan fingerprint density at radius 2 is 2.29 bits per heavy atom. The normalized spacial score (nSPS) is 21.7. The molecule has 0 radical (unpaired) electrons. The average Bonchev–Trinajstić information content (AvgIpc) is 2.17. The molecule has 0 aromatic heterocycles. The first-order valence-corrected chi connectivity index (χ1v) is 5.09. The number of rotatable bonds is 3. The maximum atomic E-state index is 11.5. The summed E-state index contributed by atoms with van der Waals surface area (Å²) in [6.07, 6.45) is 3.42. The quantitative estimate of drug-likeness (QED) is 0.647. The van der Waals surface area contributed by atoms with Gasteiger partial charge in [0.2, 0.25) is 0 Å². The van der Waals surface area contributed by atoms with Crippen molar-refractivity contribution in [1.82, 2.24) is 0 Å². The fraction of sp³-hybridized carbons (Fsp3) is 0.636. The summed E-state index contributed by atoms with van der Waals surface area (Å²) in [6.45, 7) is 4.15. The Balaban J connectivity index is 2.73. The van der Waals surface area contributed by atoms with Crippen molar-refractivity contribution < 1.29 is 14.3 Å². The number of hydrogen-bond donors (Lipinski definition) is 0. The van der Waals surface area contributed by atoms with Gasteiger partial charge in [-0.05, 0) is 25.8 Å². The first kappa shape index (κ1) is 11.0. The van der Waals surface area contributed by atoms with E-state index in [0.717, 1.165) is 12.0 Å². The molecule has 0 N–H and O–H groups in total. The van der Waals surface area contributed by atoms with Crippen LogP contribution in [0.5, 0.6) is 0 Å². The summed E-state index contributed by atoms with van der Waals surface area (Å²) in [5.74, 6) is -0.242. The van der Waals surface area contributed by atoms with Crippen molar-refractivity contribution in [2.45, 2.75) is 33.1 Å². The number of ether oxygens (including phenoxy) is 1. The van der Waals surface area contributed by atoms with Crippen LogP contribution in [0, 0.1) is 5.92 Å². The van der Waals surface area contributed by atoms with Crippen molar-refractivity contribution in [3.8, 4) is 0 Å². The van der Waals surface area contributed by atoms with Crippen LogP contribution in [0.25, 0.3) is 0 Å². The van der Waals surface area contributed by atoms with Crippen LogP contribution >= 0.6 is 0 Å². The minimum atomic E-state index is -0.187. The minimum absolute atomic E-state index is 0.127. The van der Waals surface area contributed by atoms with Gasteiger partial charge in [-0.2, -0.15) is 0 Å². The van der Waals surface area contributed by atoms with Crippen molar-refractivity contribution in [2.75, 3.05) is 6.61 Å². The van der Waals surface area contributed by atoms with Crippen LogP contribution in [0.3, 0.4) is 0 Å². The van der Waals surface area contributed by atoms with Gasteiger partial charge in [-0.1, -0.05) is 12.5 Å². The predicted molar refractivity (Wildman–Crippen MR) is 52.7 cm³/mol. The van der Waals surface area contributed by atoms with Crippen molar-refractivity contribution in [1.29, 1.82) is 0 Å². The molecule has 0 heterocycles. The van der Waals surface area contributed by atoms with E-state index in [1.54, 1.807) is 13.0 Å². The van der Waals surface area contributed by atoms with Crippen LogP contribution in [-0.4, -0.2) is 18.4 Å². The number of carbonyl (C=O) groups excluding carboxylic acids is 2. The van der Waals surface area contributed by atoms with Gasteiger partial charge in [0.05, 0.1) is 12.5 Å². The van der Waals surface area contributed by atoms with Crippen LogP contribution < -0.4 is 0 Å². The monoisotopic (exact) mass is 196 g/mol. The smallest absolute Gasteiger partial charge is 0.313 e. The third-order valence-electron chi connectivity index (χ3n) is 2.45. The van der Waals surface area contributed by atoms with E-state index >= 15 is 0 Å². The molecule has 0 amide bonds. The lowest BCUT2D eigenvalue weighted by atomic mass is 9.86. The van der Waals surface area contributed by atoms with E-state index in [1.165, 1.54) is 0 Å². The first-order valence-electron chi connectivity index (χ1n) is 5.09. The highest BCUT2D eigenvalue weighted by Gasteiger charge is 2.27. The van der Waals surface area contributed by atoms with Gasteiger partial charge in [0.15, 0.2) is 5.78 Å². The second-order valence-corrected chi connectivity index (χ2v) is 3.38. The highest BCUT2D eigenvalue weighted by atomic mass is 16.5. The van der Waals surface area contributed by atoms with Crippen molar-refractivity contribution >= 4 is 11.8 Å². The molecule has 0 aliphatic heterocycles. The van der Waals surface area contributed by atoms with Gasteiger partial charge in [-0.15, -0.1) is 0 Å². The fourth-order valence-electron chi connectivity index (χ4n) is 1.71. The largest absolute Gasteiger partial charge is 0.466 e. The van der Waals surface area contributed by atoms with E-state index in [0.29, 0.717) is 19.4 Å². The lowest BCUT2D eigenvalue weighted by Gasteiger charge is -2.20.